The fourth-order valence-corrected chi connectivity index (χ4v) is 2.33. The Morgan fingerprint density at radius 2 is 1.83 bits per heavy atom. The highest BCUT2D eigenvalue weighted by atomic mass is 16.5. The Morgan fingerprint density at radius 3 is 2.50 bits per heavy atom. The van der Waals surface area contributed by atoms with Crippen molar-refractivity contribution in [1.82, 2.24) is 4.98 Å². The first-order valence-electron chi connectivity index (χ1n) is 7.23. The van der Waals surface area contributed by atoms with Crippen LogP contribution in [0.3, 0.4) is 0 Å². The van der Waals surface area contributed by atoms with Gasteiger partial charge in [0, 0.05) is 11.7 Å². The van der Waals surface area contributed by atoms with Crippen molar-refractivity contribution in [2.45, 2.75) is 6.61 Å². The molecule has 0 radical (unpaired) electrons. The standard InChI is InChI=1S/C18H15NO5/c1-23-12-4-2-11(3-5-12)10-24-13-6-7-16-14(8-13)17(20)15(9-19-16)18(21)22/h2-9H,10H2,1H3,(H,19,20)(H,21,22). The van der Waals surface area contributed by atoms with Crippen molar-refractivity contribution in [3.8, 4) is 11.5 Å². The molecule has 0 amide bonds. The lowest BCUT2D eigenvalue weighted by atomic mass is 10.1. The van der Waals surface area contributed by atoms with Crippen LogP contribution in [0.5, 0.6) is 11.5 Å². The van der Waals surface area contributed by atoms with Gasteiger partial charge in [-0.3, -0.25) is 4.79 Å². The second-order valence-electron chi connectivity index (χ2n) is 5.18. The summed E-state index contributed by atoms with van der Waals surface area (Å²) in [6.45, 7) is 0.325. The zero-order valence-electron chi connectivity index (χ0n) is 12.9. The van der Waals surface area contributed by atoms with Crippen molar-refractivity contribution in [3.63, 3.8) is 0 Å². The highest BCUT2D eigenvalue weighted by Gasteiger charge is 2.12. The molecule has 0 spiro atoms. The Hall–Kier alpha value is -3.28. The summed E-state index contributed by atoms with van der Waals surface area (Å²) in [5.41, 5.74) is 0.673. The van der Waals surface area contributed by atoms with E-state index in [2.05, 4.69) is 4.98 Å². The second-order valence-corrected chi connectivity index (χ2v) is 5.18. The van der Waals surface area contributed by atoms with Crippen molar-refractivity contribution >= 4 is 16.9 Å². The zero-order valence-corrected chi connectivity index (χ0v) is 12.9. The molecule has 24 heavy (non-hydrogen) atoms. The van der Waals surface area contributed by atoms with Crippen LogP contribution >= 0.6 is 0 Å². The monoisotopic (exact) mass is 325 g/mol. The number of carboxylic acid groups (broad SMARTS) is 1. The van der Waals surface area contributed by atoms with Gasteiger partial charge in [0.25, 0.3) is 0 Å². The van der Waals surface area contributed by atoms with Gasteiger partial charge in [0.2, 0.25) is 5.43 Å². The van der Waals surface area contributed by atoms with Crippen molar-refractivity contribution in [3.05, 3.63) is 70.0 Å². The highest BCUT2D eigenvalue weighted by molar-refractivity contribution is 5.92. The van der Waals surface area contributed by atoms with Crippen LogP contribution in [0.15, 0.2) is 53.5 Å². The third-order valence-corrected chi connectivity index (χ3v) is 3.65. The van der Waals surface area contributed by atoms with Crippen molar-refractivity contribution < 1.29 is 19.4 Å². The summed E-state index contributed by atoms with van der Waals surface area (Å²) < 4.78 is 10.8. The lowest BCUT2D eigenvalue weighted by Gasteiger charge is -2.08. The van der Waals surface area contributed by atoms with Gasteiger partial charge in [0.05, 0.1) is 12.5 Å². The minimum Gasteiger partial charge on any atom is -0.497 e. The number of rotatable bonds is 5. The molecule has 0 saturated carbocycles. The van der Waals surface area contributed by atoms with Gasteiger partial charge in [0.1, 0.15) is 23.7 Å². The number of carbonyl (C=O) groups is 1. The molecule has 122 valence electrons. The number of hydrogen-bond donors (Lipinski definition) is 2. The van der Waals surface area contributed by atoms with Crippen LogP contribution in [0, 0.1) is 0 Å². The molecule has 0 aliphatic carbocycles. The minimum absolute atomic E-state index is 0.280. The molecular weight excluding hydrogens is 310 g/mol. The maximum Gasteiger partial charge on any atom is 0.341 e. The second kappa shape index (κ2) is 6.45. The number of benzene rings is 2. The summed E-state index contributed by atoms with van der Waals surface area (Å²) in [6, 6.07) is 12.4. The van der Waals surface area contributed by atoms with E-state index >= 15 is 0 Å². The summed E-state index contributed by atoms with van der Waals surface area (Å²) >= 11 is 0. The summed E-state index contributed by atoms with van der Waals surface area (Å²) in [4.78, 5) is 26.1. The fraction of sp³-hybridized carbons (Fsp3) is 0.111. The molecule has 0 unspecified atom stereocenters. The molecule has 2 N–H and O–H groups in total. The smallest absolute Gasteiger partial charge is 0.341 e. The molecule has 6 nitrogen and oxygen atoms in total. The number of pyridine rings is 1. The first kappa shape index (κ1) is 15.6. The van der Waals surface area contributed by atoms with Gasteiger partial charge < -0.3 is 19.6 Å². The van der Waals surface area contributed by atoms with Gasteiger partial charge in [-0.15, -0.1) is 0 Å². The lowest BCUT2D eigenvalue weighted by Crippen LogP contribution is -2.15. The number of aromatic amines is 1. The molecule has 0 saturated heterocycles. The van der Waals surface area contributed by atoms with Gasteiger partial charge in [-0.2, -0.15) is 0 Å². The molecule has 0 aliphatic heterocycles. The Morgan fingerprint density at radius 1 is 1.12 bits per heavy atom. The van der Waals surface area contributed by atoms with Gasteiger partial charge >= 0.3 is 5.97 Å². The van der Waals surface area contributed by atoms with Crippen LogP contribution in [0.4, 0.5) is 0 Å². The Kier molecular flexibility index (Phi) is 4.20. The molecule has 1 heterocycles. The van der Waals surface area contributed by atoms with E-state index in [9.17, 15) is 9.59 Å². The minimum atomic E-state index is -1.26. The van der Waals surface area contributed by atoms with E-state index in [4.69, 9.17) is 14.6 Å². The maximum atomic E-state index is 12.2. The largest absolute Gasteiger partial charge is 0.497 e. The quantitative estimate of drug-likeness (QED) is 0.753. The molecule has 3 rings (SSSR count). The normalized spacial score (nSPS) is 10.5. The molecule has 2 aromatic carbocycles. The molecule has 0 atom stereocenters. The van der Waals surface area contributed by atoms with E-state index in [1.165, 1.54) is 6.20 Å². The molecule has 0 aliphatic rings. The van der Waals surface area contributed by atoms with Crippen LogP contribution in [0.25, 0.3) is 10.9 Å². The number of ether oxygens (including phenoxy) is 2. The van der Waals surface area contributed by atoms with Crippen molar-refractivity contribution in [2.75, 3.05) is 7.11 Å². The molecule has 1 aromatic heterocycles. The Balaban J connectivity index is 1.85. The van der Waals surface area contributed by atoms with Crippen LogP contribution in [-0.2, 0) is 6.61 Å². The van der Waals surface area contributed by atoms with E-state index in [1.807, 2.05) is 24.3 Å². The van der Waals surface area contributed by atoms with E-state index in [0.29, 0.717) is 17.9 Å². The van der Waals surface area contributed by atoms with Gasteiger partial charge in [-0.1, -0.05) is 12.1 Å². The molecule has 6 heteroatoms. The molecule has 0 bridgehead atoms. The third-order valence-electron chi connectivity index (χ3n) is 3.65. The summed E-state index contributed by atoms with van der Waals surface area (Å²) in [6.07, 6.45) is 1.20. The SMILES string of the molecule is COc1ccc(COc2ccc3[nH]cc(C(=O)O)c(=O)c3c2)cc1. The molecule has 0 fully saturated rings. The first-order valence-corrected chi connectivity index (χ1v) is 7.23. The third kappa shape index (κ3) is 3.08. The van der Waals surface area contributed by atoms with Crippen LogP contribution in [-0.4, -0.2) is 23.2 Å². The predicted octanol–water partition coefficient (Wildman–Crippen LogP) is 2.81. The molecule has 3 aromatic rings. The average molecular weight is 325 g/mol. The van der Waals surface area contributed by atoms with Crippen LogP contribution in [0.2, 0.25) is 0 Å². The Labute approximate surface area is 137 Å². The number of fused-ring (bicyclic) bond motifs is 1. The Bertz CT molecular complexity index is 944. The van der Waals surface area contributed by atoms with E-state index < -0.39 is 11.4 Å². The predicted molar refractivity (Wildman–Crippen MR) is 88.9 cm³/mol. The molecular formula is C18H15NO5. The van der Waals surface area contributed by atoms with E-state index in [-0.39, 0.29) is 10.9 Å². The highest BCUT2D eigenvalue weighted by Crippen LogP contribution is 2.19. The number of aromatic nitrogens is 1. The topological polar surface area (TPSA) is 88.6 Å². The zero-order chi connectivity index (χ0) is 17.1. The number of hydrogen-bond acceptors (Lipinski definition) is 4. The number of methoxy groups -OCH3 is 1. The summed E-state index contributed by atoms with van der Waals surface area (Å²) in [5, 5.41) is 9.31. The first-order chi connectivity index (χ1) is 11.6. The fourth-order valence-electron chi connectivity index (χ4n) is 2.33. The summed E-state index contributed by atoms with van der Waals surface area (Å²) in [5.74, 6) is -0.00810. The van der Waals surface area contributed by atoms with Crippen LogP contribution < -0.4 is 14.9 Å². The number of H-pyrrole nitrogens is 1. The van der Waals surface area contributed by atoms with Gasteiger partial charge in [-0.25, -0.2) is 4.79 Å². The van der Waals surface area contributed by atoms with Crippen molar-refractivity contribution in [1.29, 1.82) is 0 Å². The van der Waals surface area contributed by atoms with Crippen molar-refractivity contribution in [2.24, 2.45) is 0 Å². The van der Waals surface area contributed by atoms with E-state index in [1.54, 1.807) is 25.3 Å². The van der Waals surface area contributed by atoms with E-state index in [0.717, 1.165) is 11.3 Å². The maximum absolute atomic E-state index is 12.2. The van der Waals surface area contributed by atoms with Gasteiger partial charge in [-0.05, 0) is 35.9 Å². The summed E-state index contributed by atoms with van der Waals surface area (Å²) in [7, 11) is 1.60. The van der Waals surface area contributed by atoms with Crippen LogP contribution in [0.1, 0.15) is 15.9 Å². The average Bonchev–Trinajstić information content (AvgIpc) is 2.60. The number of nitrogens with one attached hydrogen (secondary N) is 1. The number of carboxylic acids is 1. The number of aromatic carboxylic acids is 1. The lowest BCUT2D eigenvalue weighted by molar-refractivity contribution is 0.0695. The van der Waals surface area contributed by atoms with Gasteiger partial charge in [0.15, 0.2) is 0 Å².